The van der Waals surface area contributed by atoms with Crippen molar-refractivity contribution in [3.05, 3.63) is 33.6 Å². The van der Waals surface area contributed by atoms with E-state index in [1.54, 1.807) is 0 Å². The number of nitro groups is 1. The molecule has 0 saturated heterocycles. The van der Waals surface area contributed by atoms with Crippen molar-refractivity contribution in [1.82, 2.24) is 0 Å². The van der Waals surface area contributed by atoms with Crippen molar-refractivity contribution in [2.45, 2.75) is 6.42 Å². The minimum atomic E-state index is -0.662. The average Bonchev–Trinajstić information content (AvgIpc) is 2.21. The molecule has 1 aromatic carbocycles. The van der Waals surface area contributed by atoms with Gasteiger partial charge >= 0.3 is 0 Å². The largest absolute Gasteiger partial charge is 0.393 e. The standard InChI is InChI=1S/C10H8BrFN2O2/c11-4-2-1-3-7-5-10(14(15)16)9(13)6-8(7)12/h5-6H,2,4,13H2. The number of nitrogens with zero attached hydrogens (tertiary/aromatic N) is 1. The fraction of sp³-hybridized carbons (Fsp3) is 0.200. The van der Waals surface area contributed by atoms with Crippen LogP contribution in [0.25, 0.3) is 0 Å². The molecule has 0 aliphatic carbocycles. The normalized spacial score (nSPS) is 9.38. The van der Waals surface area contributed by atoms with E-state index in [0.29, 0.717) is 11.8 Å². The number of alkyl halides is 1. The quantitative estimate of drug-likeness (QED) is 0.298. The van der Waals surface area contributed by atoms with Crippen molar-refractivity contribution in [2.24, 2.45) is 0 Å². The second-order valence-corrected chi connectivity index (χ2v) is 3.68. The van der Waals surface area contributed by atoms with Crippen LogP contribution in [0.15, 0.2) is 12.1 Å². The monoisotopic (exact) mass is 286 g/mol. The zero-order chi connectivity index (χ0) is 12.1. The highest BCUT2D eigenvalue weighted by Crippen LogP contribution is 2.24. The Bertz CT molecular complexity index is 480. The summed E-state index contributed by atoms with van der Waals surface area (Å²) in [5.41, 5.74) is 4.77. The van der Waals surface area contributed by atoms with Crippen molar-refractivity contribution in [3.63, 3.8) is 0 Å². The highest BCUT2D eigenvalue weighted by molar-refractivity contribution is 9.09. The number of hydrogen-bond donors (Lipinski definition) is 1. The van der Waals surface area contributed by atoms with Gasteiger partial charge in [0.2, 0.25) is 0 Å². The van der Waals surface area contributed by atoms with Gasteiger partial charge in [-0.2, -0.15) is 0 Å². The number of nitrogen functional groups attached to an aromatic ring is 1. The van der Waals surface area contributed by atoms with Gasteiger partial charge in [0, 0.05) is 23.9 Å². The molecule has 0 radical (unpaired) electrons. The van der Waals surface area contributed by atoms with Crippen LogP contribution >= 0.6 is 15.9 Å². The predicted molar refractivity (Wildman–Crippen MR) is 62.8 cm³/mol. The maximum absolute atomic E-state index is 13.3. The summed E-state index contributed by atoms with van der Waals surface area (Å²) < 4.78 is 13.3. The van der Waals surface area contributed by atoms with E-state index in [-0.39, 0.29) is 16.9 Å². The van der Waals surface area contributed by atoms with Crippen molar-refractivity contribution in [2.75, 3.05) is 11.1 Å². The molecule has 0 amide bonds. The molecule has 0 fully saturated rings. The summed E-state index contributed by atoms with van der Waals surface area (Å²) in [5, 5.41) is 11.2. The zero-order valence-corrected chi connectivity index (χ0v) is 9.75. The molecule has 0 aromatic heterocycles. The van der Waals surface area contributed by atoms with Crippen LogP contribution in [-0.2, 0) is 0 Å². The van der Waals surface area contributed by atoms with Gasteiger partial charge in [0.1, 0.15) is 11.5 Å². The first kappa shape index (κ1) is 12.5. The average molecular weight is 287 g/mol. The summed E-state index contributed by atoms with van der Waals surface area (Å²) in [7, 11) is 0. The summed E-state index contributed by atoms with van der Waals surface area (Å²) >= 11 is 3.17. The smallest absolute Gasteiger partial charge is 0.293 e. The molecular formula is C10H8BrFN2O2. The predicted octanol–water partition coefficient (Wildman–Crippen LogP) is 2.45. The Balaban J connectivity index is 3.16. The van der Waals surface area contributed by atoms with E-state index in [9.17, 15) is 14.5 Å². The molecule has 0 aliphatic rings. The van der Waals surface area contributed by atoms with Gasteiger partial charge in [-0.1, -0.05) is 27.8 Å². The first-order valence-corrected chi connectivity index (χ1v) is 5.46. The van der Waals surface area contributed by atoms with E-state index in [1.165, 1.54) is 0 Å². The lowest BCUT2D eigenvalue weighted by Crippen LogP contribution is -1.98. The highest BCUT2D eigenvalue weighted by Gasteiger charge is 2.14. The van der Waals surface area contributed by atoms with Crippen LogP contribution < -0.4 is 5.73 Å². The topological polar surface area (TPSA) is 69.2 Å². The molecule has 84 valence electrons. The lowest BCUT2D eigenvalue weighted by Gasteiger charge is -1.99. The Hall–Kier alpha value is -1.61. The summed E-state index contributed by atoms with van der Waals surface area (Å²) in [5.74, 6) is 4.55. The van der Waals surface area contributed by atoms with Gasteiger partial charge in [0.15, 0.2) is 0 Å². The number of rotatable bonds is 2. The summed E-state index contributed by atoms with van der Waals surface area (Å²) in [4.78, 5) is 9.90. The van der Waals surface area contributed by atoms with Crippen LogP contribution in [0.4, 0.5) is 15.8 Å². The molecular weight excluding hydrogens is 279 g/mol. The number of nitrogens with two attached hydrogens (primary N) is 1. The molecule has 4 nitrogen and oxygen atoms in total. The van der Waals surface area contributed by atoms with E-state index in [4.69, 9.17) is 5.73 Å². The second kappa shape index (κ2) is 5.47. The van der Waals surface area contributed by atoms with Crippen molar-refractivity contribution < 1.29 is 9.31 Å². The molecule has 0 unspecified atom stereocenters. The molecule has 0 aliphatic heterocycles. The third-order valence-corrected chi connectivity index (χ3v) is 2.15. The molecule has 0 bridgehead atoms. The van der Waals surface area contributed by atoms with Crippen LogP contribution in [0, 0.1) is 27.8 Å². The van der Waals surface area contributed by atoms with Crippen LogP contribution in [0.5, 0.6) is 0 Å². The number of hydrogen-bond acceptors (Lipinski definition) is 3. The van der Waals surface area contributed by atoms with Gasteiger partial charge in [-0.3, -0.25) is 10.1 Å². The molecule has 0 atom stereocenters. The number of benzene rings is 1. The van der Waals surface area contributed by atoms with Gasteiger partial charge < -0.3 is 5.73 Å². The number of nitro benzene ring substituents is 1. The van der Waals surface area contributed by atoms with Gasteiger partial charge in [0.05, 0.1) is 10.5 Å². The fourth-order valence-electron chi connectivity index (χ4n) is 1.04. The highest BCUT2D eigenvalue weighted by atomic mass is 79.9. The molecule has 1 aromatic rings. The van der Waals surface area contributed by atoms with Crippen LogP contribution in [0.3, 0.4) is 0 Å². The van der Waals surface area contributed by atoms with E-state index in [0.717, 1.165) is 12.1 Å². The van der Waals surface area contributed by atoms with Gasteiger partial charge in [-0.15, -0.1) is 0 Å². The third-order valence-electron chi connectivity index (χ3n) is 1.76. The number of anilines is 1. The molecule has 0 spiro atoms. The Labute approximate surface area is 99.9 Å². The zero-order valence-electron chi connectivity index (χ0n) is 8.17. The molecule has 16 heavy (non-hydrogen) atoms. The summed E-state index contributed by atoms with van der Waals surface area (Å²) in [6.07, 6.45) is 0.539. The number of halogens is 2. The first-order chi connectivity index (χ1) is 7.56. The van der Waals surface area contributed by atoms with Gasteiger partial charge in [-0.25, -0.2) is 4.39 Å². The Morgan fingerprint density at radius 1 is 1.56 bits per heavy atom. The van der Waals surface area contributed by atoms with E-state index < -0.39 is 10.7 Å². The van der Waals surface area contributed by atoms with Crippen molar-refractivity contribution in [3.8, 4) is 11.8 Å². The Kier molecular flexibility index (Phi) is 4.26. The maximum Gasteiger partial charge on any atom is 0.293 e. The third kappa shape index (κ3) is 2.94. The van der Waals surface area contributed by atoms with E-state index in [1.807, 2.05) is 0 Å². The molecule has 1 rings (SSSR count). The molecule has 6 heteroatoms. The van der Waals surface area contributed by atoms with Crippen LogP contribution in [0.1, 0.15) is 12.0 Å². The van der Waals surface area contributed by atoms with Crippen molar-refractivity contribution in [1.29, 1.82) is 0 Å². The van der Waals surface area contributed by atoms with Gasteiger partial charge in [-0.05, 0) is 0 Å². The molecule has 2 N–H and O–H groups in total. The summed E-state index contributed by atoms with van der Waals surface area (Å²) in [6.45, 7) is 0. The van der Waals surface area contributed by atoms with Gasteiger partial charge in [0.25, 0.3) is 5.69 Å². The SMILES string of the molecule is Nc1cc(F)c(C#CCCBr)cc1[N+](=O)[O-]. The maximum atomic E-state index is 13.3. The second-order valence-electron chi connectivity index (χ2n) is 2.89. The fourth-order valence-corrected chi connectivity index (χ4v) is 1.23. The van der Waals surface area contributed by atoms with Crippen molar-refractivity contribution >= 4 is 27.3 Å². The summed E-state index contributed by atoms with van der Waals surface area (Å²) in [6, 6.07) is 1.96. The lowest BCUT2D eigenvalue weighted by atomic mass is 10.1. The Morgan fingerprint density at radius 3 is 2.81 bits per heavy atom. The molecule has 0 heterocycles. The lowest BCUT2D eigenvalue weighted by molar-refractivity contribution is -0.384. The first-order valence-electron chi connectivity index (χ1n) is 4.34. The minimum Gasteiger partial charge on any atom is -0.393 e. The minimum absolute atomic E-state index is 0.0122. The van der Waals surface area contributed by atoms with E-state index in [2.05, 4.69) is 27.8 Å². The van der Waals surface area contributed by atoms with Crippen LogP contribution in [-0.4, -0.2) is 10.3 Å². The van der Waals surface area contributed by atoms with Crippen LogP contribution in [0.2, 0.25) is 0 Å². The molecule has 0 saturated carbocycles. The van der Waals surface area contributed by atoms with E-state index >= 15 is 0 Å². The Morgan fingerprint density at radius 2 is 2.25 bits per heavy atom.